The number of allylic oxidation sites excluding steroid dienone is 4. The minimum atomic E-state index is -0.157. The second kappa shape index (κ2) is 9.26. The maximum atomic E-state index is 13.2. The van der Waals surface area contributed by atoms with Crippen molar-refractivity contribution in [3.63, 3.8) is 0 Å². The average Bonchev–Trinajstić information content (AvgIpc) is 2.70. The van der Waals surface area contributed by atoms with Crippen molar-refractivity contribution >= 4 is 21.9 Å². The molecule has 3 atom stereocenters. The van der Waals surface area contributed by atoms with E-state index in [0.717, 1.165) is 28.5 Å². The number of carbonyl (C=O) groups excluding carboxylic acids is 1. The Bertz CT molecular complexity index is 846. The molecule has 3 unspecified atom stereocenters. The van der Waals surface area contributed by atoms with Crippen molar-refractivity contribution in [3.05, 3.63) is 70.3 Å². The van der Waals surface area contributed by atoms with Crippen LogP contribution in [0.4, 0.5) is 0 Å². The summed E-state index contributed by atoms with van der Waals surface area (Å²) in [5, 5.41) is 0. The fraction of sp³-hybridized carbons (Fsp3) is 0.519. The lowest BCUT2D eigenvalue weighted by atomic mass is 9.48. The largest absolute Gasteiger partial charge is 0.457 e. The first kappa shape index (κ1) is 23.1. The van der Waals surface area contributed by atoms with Gasteiger partial charge in [-0.3, -0.25) is 0 Å². The summed E-state index contributed by atoms with van der Waals surface area (Å²) in [7, 11) is 0. The molecule has 0 saturated heterocycles. The van der Waals surface area contributed by atoms with Crippen LogP contribution in [-0.2, 0) is 16.1 Å². The number of ether oxygens (including phenoxy) is 1. The number of hydrogen-bond donors (Lipinski definition) is 0. The third-order valence-corrected chi connectivity index (χ3v) is 8.07. The molecule has 2 nitrogen and oxygen atoms in total. The van der Waals surface area contributed by atoms with Gasteiger partial charge in [-0.15, -0.1) is 0 Å². The van der Waals surface area contributed by atoms with Crippen molar-refractivity contribution < 1.29 is 9.53 Å². The van der Waals surface area contributed by atoms with Crippen LogP contribution in [0.15, 0.2) is 64.7 Å². The molecular weight excluding hydrogens is 436 g/mol. The van der Waals surface area contributed by atoms with E-state index in [1.54, 1.807) is 0 Å². The molecule has 30 heavy (non-hydrogen) atoms. The topological polar surface area (TPSA) is 26.3 Å². The third kappa shape index (κ3) is 4.82. The first-order chi connectivity index (χ1) is 14.2. The Labute approximate surface area is 190 Å². The van der Waals surface area contributed by atoms with Gasteiger partial charge in [-0.2, -0.15) is 0 Å². The van der Waals surface area contributed by atoms with E-state index in [1.165, 1.54) is 24.8 Å². The van der Waals surface area contributed by atoms with Gasteiger partial charge in [0.2, 0.25) is 0 Å². The zero-order chi connectivity index (χ0) is 21.9. The Balaban J connectivity index is 1.86. The lowest BCUT2D eigenvalue weighted by molar-refractivity contribution is -0.143. The van der Waals surface area contributed by atoms with Crippen molar-refractivity contribution in [1.82, 2.24) is 0 Å². The fourth-order valence-electron chi connectivity index (χ4n) is 5.74. The Hall–Kier alpha value is -1.61. The number of esters is 1. The molecular formula is C27H35BrO2. The van der Waals surface area contributed by atoms with E-state index in [1.807, 2.05) is 30.3 Å². The number of benzene rings is 1. The SMILES string of the molecule is C=CC(C)=CCC1C(C(=O)OCc2ccc(Br)cc2)=CCC2C(C)(C)CCCC12C. The highest BCUT2D eigenvalue weighted by Crippen LogP contribution is 2.60. The fourth-order valence-corrected chi connectivity index (χ4v) is 6.00. The van der Waals surface area contributed by atoms with Crippen molar-refractivity contribution in [1.29, 1.82) is 0 Å². The Morgan fingerprint density at radius 1 is 1.23 bits per heavy atom. The van der Waals surface area contributed by atoms with Crippen LogP contribution < -0.4 is 0 Å². The Morgan fingerprint density at radius 2 is 1.93 bits per heavy atom. The monoisotopic (exact) mass is 470 g/mol. The molecule has 0 amide bonds. The summed E-state index contributed by atoms with van der Waals surface area (Å²) in [5.41, 5.74) is 3.45. The third-order valence-electron chi connectivity index (χ3n) is 7.54. The highest BCUT2D eigenvalue weighted by Gasteiger charge is 2.53. The summed E-state index contributed by atoms with van der Waals surface area (Å²) in [4.78, 5) is 13.2. The van der Waals surface area contributed by atoms with E-state index >= 15 is 0 Å². The summed E-state index contributed by atoms with van der Waals surface area (Å²) >= 11 is 3.45. The molecule has 162 valence electrons. The van der Waals surface area contributed by atoms with Crippen LogP contribution in [0.5, 0.6) is 0 Å². The van der Waals surface area contributed by atoms with Crippen molar-refractivity contribution in [3.8, 4) is 0 Å². The van der Waals surface area contributed by atoms with Gasteiger partial charge >= 0.3 is 5.97 Å². The van der Waals surface area contributed by atoms with Crippen LogP contribution in [0.3, 0.4) is 0 Å². The van der Waals surface area contributed by atoms with Crippen LogP contribution >= 0.6 is 15.9 Å². The number of carbonyl (C=O) groups is 1. The van der Waals surface area contributed by atoms with Crippen molar-refractivity contribution in [2.24, 2.45) is 22.7 Å². The van der Waals surface area contributed by atoms with E-state index < -0.39 is 0 Å². The number of halogens is 1. The second-order valence-corrected chi connectivity index (χ2v) is 10.9. The van der Waals surface area contributed by atoms with Gasteiger partial charge in [0.1, 0.15) is 6.61 Å². The summed E-state index contributed by atoms with van der Waals surface area (Å²) in [6.07, 6.45) is 11.8. The van der Waals surface area contributed by atoms with Gasteiger partial charge in [-0.25, -0.2) is 4.79 Å². The predicted molar refractivity (Wildman–Crippen MR) is 128 cm³/mol. The maximum Gasteiger partial charge on any atom is 0.334 e. The molecule has 0 heterocycles. The number of hydrogen-bond acceptors (Lipinski definition) is 2. The highest BCUT2D eigenvalue weighted by molar-refractivity contribution is 9.10. The van der Waals surface area contributed by atoms with Crippen molar-refractivity contribution in [2.75, 3.05) is 0 Å². The average molecular weight is 471 g/mol. The zero-order valence-electron chi connectivity index (χ0n) is 18.8. The summed E-state index contributed by atoms with van der Waals surface area (Å²) in [6.45, 7) is 13.5. The number of fused-ring (bicyclic) bond motifs is 1. The lowest BCUT2D eigenvalue weighted by Gasteiger charge is -2.56. The first-order valence-corrected chi connectivity index (χ1v) is 11.9. The molecule has 0 radical (unpaired) electrons. The summed E-state index contributed by atoms with van der Waals surface area (Å²) < 4.78 is 6.81. The molecule has 3 rings (SSSR count). The van der Waals surface area contributed by atoms with E-state index in [2.05, 4.69) is 62.4 Å². The van der Waals surface area contributed by atoms with Crippen LogP contribution in [0.25, 0.3) is 0 Å². The molecule has 0 aliphatic heterocycles. The van der Waals surface area contributed by atoms with Crippen LogP contribution in [0.2, 0.25) is 0 Å². The van der Waals surface area contributed by atoms with E-state index in [0.29, 0.717) is 17.9 Å². The van der Waals surface area contributed by atoms with Gasteiger partial charge in [0.05, 0.1) is 0 Å². The van der Waals surface area contributed by atoms with Crippen LogP contribution in [-0.4, -0.2) is 5.97 Å². The van der Waals surface area contributed by atoms with E-state index in [9.17, 15) is 4.79 Å². The summed E-state index contributed by atoms with van der Waals surface area (Å²) in [6, 6.07) is 7.93. The molecule has 0 spiro atoms. The van der Waals surface area contributed by atoms with Gasteiger partial charge in [-0.05, 0) is 73.0 Å². The molecule has 1 aromatic rings. The van der Waals surface area contributed by atoms with Gasteiger partial charge in [0.15, 0.2) is 0 Å². The lowest BCUT2D eigenvalue weighted by Crippen LogP contribution is -2.49. The van der Waals surface area contributed by atoms with E-state index in [4.69, 9.17) is 4.74 Å². The van der Waals surface area contributed by atoms with Gasteiger partial charge < -0.3 is 4.74 Å². The number of rotatable bonds is 6. The molecule has 1 fully saturated rings. The minimum Gasteiger partial charge on any atom is -0.457 e. The van der Waals surface area contributed by atoms with Gasteiger partial charge in [0.25, 0.3) is 0 Å². The molecule has 0 bridgehead atoms. The highest BCUT2D eigenvalue weighted by atomic mass is 79.9. The van der Waals surface area contributed by atoms with E-state index in [-0.39, 0.29) is 17.3 Å². The van der Waals surface area contributed by atoms with Gasteiger partial charge in [-0.1, -0.05) is 85.6 Å². The molecule has 2 aliphatic carbocycles. The standard InChI is InChI=1S/C27H35BrO2/c1-6-19(2)8-14-23-22(25(29)30-18-20-9-11-21(28)12-10-20)13-15-24-26(3,4)16-7-17-27(23,24)5/h6,8-13,23-24H,1,7,14-18H2,2-5H3. The maximum absolute atomic E-state index is 13.2. The smallest absolute Gasteiger partial charge is 0.334 e. The van der Waals surface area contributed by atoms with Crippen LogP contribution in [0.1, 0.15) is 65.4 Å². The molecule has 1 saturated carbocycles. The normalized spacial score (nSPS) is 28.3. The first-order valence-electron chi connectivity index (χ1n) is 11.1. The van der Waals surface area contributed by atoms with Crippen LogP contribution in [0, 0.1) is 22.7 Å². The molecule has 3 heteroatoms. The predicted octanol–water partition coefficient (Wildman–Crippen LogP) is 7.79. The van der Waals surface area contributed by atoms with Crippen molar-refractivity contribution in [2.45, 2.75) is 66.4 Å². The zero-order valence-corrected chi connectivity index (χ0v) is 20.4. The minimum absolute atomic E-state index is 0.112. The summed E-state index contributed by atoms with van der Waals surface area (Å²) in [5.74, 6) is 0.614. The Morgan fingerprint density at radius 3 is 2.60 bits per heavy atom. The molecule has 2 aliphatic rings. The second-order valence-electron chi connectivity index (χ2n) is 9.94. The molecule has 1 aromatic carbocycles. The van der Waals surface area contributed by atoms with Gasteiger partial charge in [0, 0.05) is 10.0 Å². The quantitative estimate of drug-likeness (QED) is 0.313. The Kier molecular flexibility index (Phi) is 7.12. The molecule has 0 N–H and O–H groups in total. The molecule has 0 aromatic heterocycles.